The number of aliphatic hydroxyl groups excluding tert-OH is 3. The number of allylic oxidation sites excluding steroid dienone is 1. The molecule has 7 rings (SSSR count). The monoisotopic (exact) mass is 710 g/mol. The maximum absolute atomic E-state index is 12.8. The summed E-state index contributed by atoms with van der Waals surface area (Å²) in [5.74, 6) is -2.10. The van der Waals surface area contributed by atoms with E-state index in [9.17, 15) is 35.1 Å². The maximum Gasteiger partial charge on any atom is 0.333 e. The molecule has 10 unspecified atom stereocenters. The van der Waals surface area contributed by atoms with E-state index in [1.54, 1.807) is 6.08 Å². The quantitative estimate of drug-likeness (QED) is 0.166. The molecule has 0 amide bonds. The Bertz CT molecular complexity index is 1680. The Kier molecular flexibility index (Phi) is 10.3. The summed E-state index contributed by atoms with van der Waals surface area (Å²) in [4.78, 5) is 30.0. The summed E-state index contributed by atoms with van der Waals surface area (Å²) in [6.07, 6.45) is 8.77. The summed E-state index contributed by atoms with van der Waals surface area (Å²) in [6, 6.07) is 2.09. The van der Waals surface area contributed by atoms with Crippen molar-refractivity contribution in [1.82, 2.24) is 4.98 Å². The first-order chi connectivity index (χ1) is 24.6. The first-order valence-corrected chi connectivity index (χ1v) is 18.8. The number of hydrogen-bond acceptors (Lipinski definition) is 10. The third-order valence-electron chi connectivity index (χ3n) is 12.7. The molecule has 4 aliphatic carbocycles. The second-order valence-electron chi connectivity index (χ2n) is 15.5. The number of aliphatic carboxylic acids is 1. The molecule has 0 aromatic carbocycles. The van der Waals surface area contributed by atoms with Crippen LogP contribution >= 0.6 is 0 Å². The van der Waals surface area contributed by atoms with Crippen molar-refractivity contribution in [3.8, 4) is 0 Å². The van der Waals surface area contributed by atoms with Gasteiger partial charge in [0.25, 0.3) is 0 Å². The summed E-state index contributed by atoms with van der Waals surface area (Å²) in [5.41, 5.74) is -1.64. The van der Waals surface area contributed by atoms with Gasteiger partial charge in [-0.15, -0.1) is 0 Å². The molecule has 2 aliphatic heterocycles. The van der Waals surface area contributed by atoms with Crippen molar-refractivity contribution >= 4 is 23.3 Å². The summed E-state index contributed by atoms with van der Waals surface area (Å²) in [7, 11) is 1.27. The highest BCUT2D eigenvalue weighted by molar-refractivity contribution is 5.90. The lowest BCUT2D eigenvalue weighted by molar-refractivity contribution is -0.375. The van der Waals surface area contributed by atoms with Crippen LogP contribution in [-0.4, -0.2) is 93.6 Å². The van der Waals surface area contributed by atoms with Gasteiger partial charge in [-0.05, 0) is 67.6 Å². The van der Waals surface area contributed by atoms with E-state index in [1.807, 2.05) is 12.2 Å². The number of nitrogens with zero attached hydrogens (tertiary/aromatic N) is 1. The molecule has 3 fully saturated rings. The Morgan fingerprint density at radius 2 is 1.94 bits per heavy atom. The predicted octanol–water partition coefficient (Wildman–Crippen LogP) is 1.90. The Labute approximate surface area is 297 Å². The molecule has 2 saturated carbocycles. The van der Waals surface area contributed by atoms with Gasteiger partial charge < -0.3 is 49.5 Å². The van der Waals surface area contributed by atoms with Crippen molar-refractivity contribution in [3.63, 3.8) is 0 Å². The lowest BCUT2D eigenvalue weighted by Gasteiger charge is -2.61. The number of fused-ring (bicyclic) bond motifs is 4. The van der Waals surface area contributed by atoms with Crippen LogP contribution in [0, 0.1) is 23.7 Å². The standard InChI is InChI=1S/C39H52NO11/c1-21(22-9-4-3-5-10-22)29-18-27-28-14-15-38(47)36(46)39(28,51-30(13-8-16-41)33(27)40-29)31(20-42)49-37(38)50-34-23-11-6-7-12-24(34)25(19-32(43)44)26(17-23)35(45)48-2/h7,12,17-18,21-25,31,34,36-37,41-42,46-47H,3-6,8-11,13-16,19-20H2,1-2H3,(H,43,44)/q-1. The van der Waals surface area contributed by atoms with Crippen molar-refractivity contribution in [2.75, 3.05) is 20.3 Å². The molecule has 51 heavy (non-hydrogen) atoms. The molecule has 3 heterocycles. The van der Waals surface area contributed by atoms with Gasteiger partial charge in [0.2, 0.25) is 0 Å². The van der Waals surface area contributed by atoms with Gasteiger partial charge in [-0.2, -0.15) is 5.69 Å². The molecule has 1 saturated heterocycles. The summed E-state index contributed by atoms with van der Waals surface area (Å²) >= 11 is 0. The van der Waals surface area contributed by atoms with Gasteiger partial charge in [-0.25, -0.2) is 4.79 Å². The van der Waals surface area contributed by atoms with Crippen LogP contribution in [0.5, 0.6) is 0 Å². The smallest absolute Gasteiger partial charge is 0.333 e. The van der Waals surface area contributed by atoms with Crippen molar-refractivity contribution in [2.24, 2.45) is 23.7 Å². The highest BCUT2D eigenvalue weighted by Crippen LogP contribution is 2.54. The number of methoxy groups -OCH3 is 1. The number of esters is 1. The molecule has 6 aliphatic rings. The fraction of sp³-hybridized carbons (Fsp3) is 0.692. The number of carboxylic acids is 1. The zero-order chi connectivity index (χ0) is 36.1. The first kappa shape index (κ1) is 36.4. The van der Waals surface area contributed by atoms with Crippen LogP contribution in [0.4, 0.5) is 0 Å². The fourth-order valence-corrected chi connectivity index (χ4v) is 10.00. The highest BCUT2D eigenvalue weighted by Gasteiger charge is 2.70. The van der Waals surface area contributed by atoms with E-state index in [4.69, 9.17) is 23.9 Å². The molecular weight excluding hydrogens is 658 g/mol. The lowest BCUT2D eigenvalue weighted by atomic mass is 9.63. The second-order valence-corrected chi connectivity index (χ2v) is 15.5. The third kappa shape index (κ3) is 6.09. The summed E-state index contributed by atoms with van der Waals surface area (Å²) in [6.45, 7) is 1.59. The zero-order valence-electron chi connectivity index (χ0n) is 29.5. The molecule has 12 heteroatoms. The van der Waals surface area contributed by atoms with E-state index in [1.165, 1.54) is 26.4 Å². The summed E-state index contributed by atoms with van der Waals surface area (Å²) < 4.78 is 25.0. The van der Waals surface area contributed by atoms with E-state index in [0.717, 1.165) is 29.3 Å². The van der Waals surface area contributed by atoms with Crippen LogP contribution in [0.3, 0.4) is 0 Å². The number of ether oxygens (including phenoxy) is 4. The van der Waals surface area contributed by atoms with Crippen LogP contribution in [-0.2, 0) is 28.5 Å². The van der Waals surface area contributed by atoms with Crippen LogP contribution < -0.4 is 15.6 Å². The lowest BCUT2D eigenvalue weighted by Crippen LogP contribution is -2.78. The van der Waals surface area contributed by atoms with Crippen LogP contribution in [0.2, 0.25) is 0 Å². The minimum absolute atomic E-state index is 0.0707. The van der Waals surface area contributed by atoms with Crippen LogP contribution in [0.1, 0.15) is 95.6 Å². The molecule has 12 nitrogen and oxygen atoms in total. The molecule has 280 valence electrons. The molecule has 1 spiro atoms. The number of carbonyl (C=O) groups is 2. The highest BCUT2D eigenvalue weighted by atomic mass is 16.7. The number of carbonyl (C=O) groups excluding carboxylic acids is 1. The third-order valence-corrected chi connectivity index (χ3v) is 12.7. The predicted molar refractivity (Wildman–Crippen MR) is 183 cm³/mol. The molecular formula is C39H52NO11-. The van der Waals surface area contributed by atoms with E-state index < -0.39 is 66.2 Å². The maximum atomic E-state index is 12.8. The average Bonchev–Trinajstić information content (AvgIpc) is 3.52. The molecule has 1 aromatic rings. The SMILES string of the molecule is COC(=O)C1=CC2CCC=CC(C1CC(=O)O)C2OC1OC(CO)C23OC(CCCO)=c4[n-]c(C(C)C5CCCCC5)cc4=C2CCC1(O)C3O. The Hall–Kier alpha value is -3.00. The van der Waals surface area contributed by atoms with Gasteiger partial charge in [-0.3, -0.25) is 4.79 Å². The molecule has 4 bridgehead atoms. The topological polar surface area (TPSA) is 186 Å². The van der Waals surface area contributed by atoms with E-state index in [-0.39, 0.29) is 36.9 Å². The second kappa shape index (κ2) is 14.4. The molecule has 10 atom stereocenters. The Balaban J connectivity index is 1.26. The molecule has 1 aromatic heterocycles. The number of carboxylic acid groups (broad SMARTS) is 1. The van der Waals surface area contributed by atoms with Crippen molar-refractivity contribution in [1.29, 1.82) is 0 Å². The molecule has 5 N–H and O–H groups in total. The normalized spacial score (nSPS) is 36.7. The number of rotatable bonds is 11. The van der Waals surface area contributed by atoms with Crippen molar-refractivity contribution < 1.29 is 54.1 Å². The van der Waals surface area contributed by atoms with E-state index in [0.29, 0.717) is 49.1 Å². The van der Waals surface area contributed by atoms with Gasteiger partial charge in [-0.1, -0.05) is 55.8 Å². The zero-order valence-corrected chi connectivity index (χ0v) is 29.5. The largest absolute Gasteiger partial charge is 0.658 e. The minimum Gasteiger partial charge on any atom is -0.658 e. The van der Waals surface area contributed by atoms with Gasteiger partial charge in [0, 0.05) is 36.4 Å². The van der Waals surface area contributed by atoms with Gasteiger partial charge in [0.1, 0.15) is 17.8 Å². The van der Waals surface area contributed by atoms with Crippen molar-refractivity contribution in [2.45, 2.75) is 126 Å². The number of aliphatic hydroxyl groups is 4. The van der Waals surface area contributed by atoms with Crippen molar-refractivity contribution in [3.05, 3.63) is 46.1 Å². The minimum atomic E-state index is -1.96. The fourth-order valence-electron chi connectivity index (χ4n) is 10.00. The van der Waals surface area contributed by atoms with Gasteiger partial charge in [0.15, 0.2) is 11.9 Å². The van der Waals surface area contributed by atoms with Crippen LogP contribution in [0.25, 0.3) is 11.3 Å². The Morgan fingerprint density at radius 3 is 2.65 bits per heavy atom. The number of aromatic nitrogens is 1. The average molecular weight is 711 g/mol. The van der Waals surface area contributed by atoms with E-state index >= 15 is 0 Å². The van der Waals surface area contributed by atoms with Gasteiger partial charge in [0.05, 0.1) is 32.0 Å². The Morgan fingerprint density at radius 1 is 1.16 bits per heavy atom. The van der Waals surface area contributed by atoms with E-state index in [2.05, 4.69) is 13.0 Å². The summed E-state index contributed by atoms with van der Waals surface area (Å²) in [5, 5.41) is 56.9. The first-order valence-electron chi connectivity index (χ1n) is 18.8. The van der Waals surface area contributed by atoms with Crippen LogP contribution in [0.15, 0.2) is 29.9 Å². The van der Waals surface area contributed by atoms with Gasteiger partial charge >= 0.3 is 11.9 Å². The molecule has 0 radical (unpaired) electrons. The number of hydrogen-bond donors (Lipinski definition) is 5.